The van der Waals surface area contributed by atoms with Crippen molar-refractivity contribution in [2.24, 2.45) is 10.2 Å². The topological polar surface area (TPSA) is 117 Å². The van der Waals surface area contributed by atoms with E-state index in [4.69, 9.17) is 0 Å². The SMILES string of the molecule is O=S(=O)(N/N=C\c1cccc(/C=N\NS(=O)(=O)c2ccccc2)c1)c1ccccc1. The molecule has 0 aliphatic rings. The summed E-state index contributed by atoms with van der Waals surface area (Å²) in [5, 5.41) is 7.54. The van der Waals surface area contributed by atoms with E-state index in [1.54, 1.807) is 60.7 Å². The summed E-state index contributed by atoms with van der Waals surface area (Å²) in [5.74, 6) is 0. The highest BCUT2D eigenvalue weighted by Gasteiger charge is 2.12. The van der Waals surface area contributed by atoms with Gasteiger partial charge in [0.05, 0.1) is 22.2 Å². The van der Waals surface area contributed by atoms with Crippen LogP contribution in [0.4, 0.5) is 0 Å². The van der Waals surface area contributed by atoms with Crippen LogP contribution in [0.3, 0.4) is 0 Å². The lowest BCUT2D eigenvalue weighted by molar-refractivity contribution is 0.583. The van der Waals surface area contributed by atoms with Gasteiger partial charge in [-0.3, -0.25) is 0 Å². The fourth-order valence-electron chi connectivity index (χ4n) is 2.36. The van der Waals surface area contributed by atoms with Crippen molar-refractivity contribution in [2.45, 2.75) is 9.79 Å². The van der Waals surface area contributed by atoms with Crippen LogP contribution in [0.25, 0.3) is 0 Å². The van der Waals surface area contributed by atoms with Crippen molar-refractivity contribution in [2.75, 3.05) is 0 Å². The van der Waals surface area contributed by atoms with Gasteiger partial charge in [0.1, 0.15) is 0 Å². The molecule has 0 radical (unpaired) electrons. The van der Waals surface area contributed by atoms with Crippen molar-refractivity contribution in [1.29, 1.82) is 0 Å². The maximum Gasteiger partial charge on any atom is 0.276 e. The minimum Gasteiger partial charge on any atom is -0.200 e. The standard InChI is InChI=1S/C20H18N4O4S2/c25-29(26,19-10-3-1-4-11-19)23-21-15-17-8-7-9-18(14-17)16-22-24-30(27,28)20-12-5-2-6-13-20/h1-16,23-24H/b21-15-,22-16-. The number of sulfonamides is 2. The van der Waals surface area contributed by atoms with Crippen molar-refractivity contribution in [1.82, 2.24) is 9.66 Å². The molecule has 30 heavy (non-hydrogen) atoms. The lowest BCUT2D eigenvalue weighted by Gasteiger charge is -2.03. The number of hydrogen-bond donors (Lipinski definition) is 2. The molecule has 0 amide bonds. The quantitative estimate of drug-likeness (QED) is 0.411. The van der Waals surface area contributed by atoms with E-state index < -0.39 is 20.0 Å². The molecule has 8 nitrogen and oxygen atoms in total. The molecule has 0 saturated carbocycles. The smallest absolute Gasteiger partial charge is 0.200 e. The highest BCUT2D eigenvalue weighted by Crippen LogP contribution is 2.08. The molecule has 0 spiro atoms. The number of hydrazone groups is 2. The summed E-state index contributed by atoms with van der Waals surface area (Å²) in [7, 11) is -7.50. The van der Waals surface area contributed by atoms with E-state index in [-0.39, 0.29) is 9.79 Å². The van der Waals surface area contributed by atoms with E-state index in [1.165, 1.54) is 36.7 Å². The Bertz CT molecular complexity index is 1160. The van der Waals surface area contributed by atoms with Gasteiger partial charge in [-0.05, 0) is 41.5 Å². The van der Waals surface area contributed by atoms with Crippen LogP contribution in [0.2, 0.25) is 0 Å². The summed E-state index contributed by atoms with van der Waals surface area (Å²) in [4.78, 5) is 4.49. The van der Waals surface area contributed by atoms with E-state index in [0.29, 0.717) is 11.1 Å². The average Bonchev–Trinajstić information content (AvgIpc) is 2.75. The molecule has 0 saturated heterocycles. The van der Waals surface area contributed by atoms with Crippen LogP contribution in [0.5, 0.6) is 0 Å². The summed E-state index contributed by atoms with van der Waals surface area (Å²) >= 11 is 0. The Balaban J connectivity index is 1.65. The molecule has 0 bridgehead atoms. The molecule has 0 fully saturated rings. The number of nitrogens with zero attached hydrogens (tertiary/aromatic N) is 2. The fourth-order valence-corrected chi connectivity index (χ4v) is 3.99. The lowest BCUT2D eigenvalue weighted by Crippen LogP contribution is -2.18. The van der Waals surface area contributed by atoms with Gasteiger partial charge in [-0.2, -0.15) is 27.0 Å². The Labute approximate surface area is 175 Å². The van der Waals surface area contributed by atoms with Crippen LogP contribution in [0.1, 0.15) is 11.1 Å². The van der Waals surface area contributed by atoms with Crippen LogP contribution < -0.4 is 9.66 Å². The average molecular weight is 443 g/mol. The molecular weight excluding hydrogens is 424 g/mol. The molecule has 154 valence electrons. The molecular formula is C20H18N4O4S2. The maximum atomic E-state index is 12.1. The van der Waals surface area contributed by atoms with E-state index in [1.807, 2.05) is 0 Å². The lowest BCUT2D eigenvalue weighted by atomic mass is 10.1. The summed E-state index contributed by atoms with van der Waals surface area (Å²) in [6.07, 6.45) is 2.68. The van der Waals surface area contributed by atoms with Crippen LogP contribution >= 0.6 is 0 Å². The summed E-state index contributed by atoms with van der Waals surface area (Å²) in [6, 6.07) is 22.6. The third kappa shape index (κ3) is 5.75. The zero-order chi connectivity index (χ0) is 21.5. The first kappa shape index (κ1) is 21.2. The van der Waals surface area contributed by atoms with Gasteiger partial charge in [-0.15, -0.1) is 0 Å². The van der Waals surface area contributed by atoms with Gasteiger partial charge in [0.2, 0.25) is 0 Å². The van der Waals surface area contributed by atoms with Crippen LogP contribution in [0.15, 0.2) is 105 Å². The third-order valence-electron chi connectivity index (χ3n) is 3.79. The van der Waals surface area contributed by atoms with E-state index >= 15 is 0 Å². The van der Waals surface area contributed by atoms with Crippen molar-refractivity contribution in [3.05, 3.63) is 96.1 Å². The minimum absolute atomic E-state index is 0.105. The van der Waals surface area contributed by atoms with Crippen molar-refractivity contribution >= 4 is 32.5 Å². The molecule has 2 N–H and O–H groups in total. The monoisotopic (exact) mass is 442 g/mol. The largest absolute Gasteiger partial charge is 0.276 e. The molecule has 0 heterocycles. The van der Waals surface area contributed by atoms with Gasteiger partial charge in [-0.1, -0.05) is 54.6 Å². The first-order valence-electron chi connectivity index (χ1n) is 8.67. The molecule has 3 aromatic carbocycles. The summed E-state index contributed by atoms with van der Waals surface area (Å²) in [6.45, 7) is 0. The second-order valence-corrected chi connectivity index (χ2v) is 9.32. The van der Waals surface area contributed by atoms with Gasteiger partial charge >= 0.3 is 0 Å². The predicted molar refractivity (Wildman–Crippen MR) is 115 cm³/mol. The van der Waals surface area contributed by atoms with Crippen molar-refractivity contribution < 1.29 is 16.8 Å². The van der Waals surface area contributed by atoms with Gasteiger partial charge in [0.25, 0.3) is 20.0 Å². The highest BCUT2D eigenvalue weighted by molar-refractivity contribution is 7.89. The van der Waals surface area contributed by atoms with Crippen LogP contribution in [-0.2, 0) is 20.0 Å². The molecule has 0 aliphatic heterocycles. The number of hydrogen-bond acceptors (Lipinski definition) is 6. The van der Waals surface area contributed by atoms with Crippen molar-refractivity contribution in [3.63, 3.8) is 0 Å². The molecule has 10 heteroatoms. The van der Waals surface area contributed by atoms with E-state index in [9.17, 15) is 16.8 Å². The molecule has 3 rings (SSSR count). The van der Waals surface area contributed by atoms with Gasteiger partial charge < -0.3 is 0 Å². The summed E-state index contributed by atoms with van der Waals surface area (Å²) in [5.41, 5.74) is 1.20. The van der Waals surface area contributed by atoms with Crippen LogP contribution in [0, 0.1) is 0 Å². The Hall–Kier alpha value is -3.50. The van der Waals surface area contributed by atoms with Gasteiger partial charge in [0, 0.05) is 0 Å². The Morgan fingerprint density at radius 3 is 1.37 bits per heavy atom. The van der Waals surface area contributed by atoms with E-state index in [2.05, 4.69) is 19.9 Å². The zero-order valence-electron chi connectivity index (χ0n) is 15.6. The second-order valence-electron chi connectivity index (χ2n) is 6.00. The second kappa shape index (κ2) is 9.33. The van der Waals surface area contributed by atoms with E-state index in [0.717, 1.165) is 0 Å². The maximum absolute atomic E-state index is 12.1. The van der Waals surface area contributed by atoms with Gasteiger partial charge in [-0.25, -0.2) is 9.66 Å². The molecule has 0 unspecified atom stereocenters. The summed E-state index contributed by atoms with van der Waals surface area (Å²) < 4.78 is 48.5. The molecule has 0 aromatic heterocycles. The first-order valence-corrected chi connectivity index (χ1v) is 11.6. The Kier molecular flexibility index (Phi) is 6.60. The third-order valence-corrected chi connectivity index (χ3v) is 6.27. The Morgan fingerprint density at radius 1 is 0.567 bits per heavy atom. The van der Waals surface area contributed by atoms with Crippen molar-refractivity contribution in [3.8, 4) is 0 Å². The number of benzene rings is 3. The number of nitrogens with one attached hydrogen (secondary N) is 2. The van der Waals surface area contributed by atoms with Crippen LogP contribution in [-0.4, -0.2) is 29.3 Å². The first-order chi connectivity index (χ1) is 14.4. The minimum atomic E-state index is -3.75. The molecule has 3 aromatic rings. The Morgan fingerprint density at radius 2 is 0.967 bits per heavy atom. The number of rotatable bonds is 8. The normalized spacial score (nSPS) is 12.3. The van der Waals surface area contributed by atoms with Gasteiger partial charge in [0.15, 0.2) is 0 Å². The molecule has 0 atom stereocenters. The predicted octanol–water partition coefficient (Wildman–Crippen LogP) is 2.31. The molecule has 0 aliphatic carbocycles. The highest BCUT2D eigenvalue weighted by atomic mass is 32.2. The fraction of sp³-hybridized carbons (Fsp3) is 0. The zero-order valence-corrected chi connectivity index (χ0v) is 17.2.